The SMILES string of the molecule is Cc1cc(CN2CCCC2CN)no1. The van der Waals surface area contributed by atoms with Crippen molar-refractivity contribution >= 4 is 0 Å². The minimum atomic E-state index is 0.534. The summed E-state index contributed by atoms with van der Waals surface area (Å²) in [6, 6.07) is 2.53. The molecule has 0 amide bonds. The summed E-state index contributed by atoms with van der Waals surface area (Å²) in [5, 5.41) is 3.99. The topological polar surface area (TPSA) is 55.3 Å². The van der Waals surface area contributed by atoms with E-state index in [1.807, 2.05) is 13.0 Å². The van der Waals surface area contributed by atoms with Crippen molar-refractivity contribution in [2.24, 2.45) is 5.73 Å². The molecule has 0 radical (unpaired) electrons. The maximum absolute atomic E-state index is 5.70. The van der Waals surface area contributed by atoms with Gasteiger partial charge in [0.2, 0.25) is 0 Å². The van der Waals surface area contributed by atoms with Gasteiger partial charge in [-0.3, -0.25) is 4.90 Å². The Morgan fingerprint density at radius 1 is 1.71 bits per heavy atom. The van der Waals surface area contributed by atoms with Crippen LogP contribution in [0.3, 0.4) is 0 Å². The minimum Gasteiger partial charge on any atom is -0.361 e. The van der Waals surface area contributed by atoms with Crippen LogP contribution in [-0.4, -0.2) is 29.2 Å². The number of nitrogens with two attached hydrogens (primary N) is 1. The lowest BCUT2D eigenvalue weighted by Crippen LogP contribution is -2.34. The van der Waals surface area contributed by atoms with Gasteiger partial charge in [0.15, 0.2) is 0 Å². The highest BCUT2D eigenvalue weighted by Gasteiger charge is 2.23. The molecule has 0 spiro atoms. The number of hydrogen-bond acceptors (Lipinski definition) is 4. The highest BCUT2D eigenvalue weighted by atomic mass is 16.5. The van der Waals surface area contributed by atoms with Crippen LogP contribution in [0.5, 0.6) is 0 Å². The van der Waals surface area contributed by atoms with Crippen molar-refractivity contribution in [3.8, 4) is 0 Å². The zero-order chi connectivity index (χ0) is 9.97. The van der Waals surface area contributed by atoms with E-state index < -0.39 is 0 Å². The molecule has 0 aromatic carbocycles. The fraction of sp³-hybridized carbons (Fsp3) is 0.700. The molecule has 2 heterocycles. The van der Waals surface area contributed by atoms with Gasteiger partial charge in [0.1, 0.15) is 5.76 Å². The van der Waals surface area contributed by atoms with E-state index in [-0.39, 0.29) is 0 Å². The van der Waals surface area contributed by atoms with Gasteiger partial charge in [-0.05, 0) is 26.3 Å². The molecule has 1 saturated heterocycles. The summed E-state index contributed by atoms with van der Waals surface area (Å²) in [4.78, 5) is 2.39. The largest absolute Gasteiger partial charge is 0.361 e. The lowest BCUT2D eigenvalue weighted by Gasteiger charge is -2.21. The van der Waals surface area contributed by atoms with Crippen LogP contribution < -0.4 is 5.73 Å². The van der Waals surface area contributed by atoms with Gasteiger partial charge in [0.05, 0.1) is 5.69 Å². The molecule has 2 N–H and O–H groups in total. The molecule has 1 atom stereocenters. The lowest BCUT2D eigenvalue weighted by molar-refractivity contribution is 0.242. The number of rotatable bonds is 3. The molecule has 1 aliphatic heterocycles. The summed E-state index contributed by atoms with van der Waals surface area (Å²) in [5.74, 6) is 0.878. The molecule has 0 saturated carbocycles. The van der Waals surface area contributed by atoms with Crippen molar-refractivity contribution in [1.29, 1.82) is 0 Å². The third kappa shape index (κ3) is 1.96. The number of hydrogen-bond donors (Lipinski definition) is 1. The fourth-order valence-electron chi connectivity index (χ4n) is 2.07. The Balaban J connectivity index is 1.96. The number of aryl methyl sites for hydroxylation is 1. The van der Waals surface area contributed by atoms with Crippen LogP contribution in [0.4, 0.5) is 0 Å². The minimum absolute atomic E-state index is 0.534. The van der Waals surface area contributed by atoms with Gasteiger partial charge in [-0.1, -0.05) is 5.16 Å². The Kier molecular flexibility index (Phi) is 2.84. The fourth-order valence-corrected chi connectivity index (χ4v) is 2.07. The molecular weight excluding hydrogens is 178 g/mol. The molecule has 4 heteroatoms. The van der Waals surface area contributed by atoms with E-state index in [9.17, 15) is 0 Å². The quantitative estimate of drug-likeness (QED) is 0.778. The molecule has 1 fully saturated rings. The van der Waals surface area contributed by atoms with Crippen LogP contribution in [0.2, 0.25) is 0 Å². The van der Waals surface area contributed by atoms with E-state index >= 15 is 0 Å². The van der Waals surface area contributed by atoms with Gasteiger partial charge in [0.25, 0.3) is 0 Å². The molecule has 1 unspecified atom stereocenters. The van der Waals surface area contributed by atoms with Gasteiger partial charge in [0, 0.05) is 25.2 Å². The summed E-state index contributed by atoms with van der Waals surface area (Å²) < 4.78 is 5.04. The van der Waals surface area contributed by atoms with Gasteiger partial charge in [-0.15, -0.1) is 0 Å². The number of aromatic nitrogens is 1. The number of likely N-dealkylation sites (tertiary alicyclic amines) is 1. The van der Waals surface area contributed by atoms with E-state index in [2.05, 4.69) is 10.1 Å². The van der Waals surface area contributed by atoms with Crippen LogP contribution in [-0.2, 0) is 6.54 Å². The predicted octanol–water partition coefficient (Wildman–Crippen LogP) is 0.906. The van der Waals surface area contributed by atoms with Gasteiger partial charge in [-0.2, -0.15) is 0 Å². The Bertz CT molecular complexity index is 297. The van der Waals surface area contributed by atoms with E-state index in [1.165, 1.54) is 12.8 Å². The van der Waals surface area contributed by atoms with Gasteiger partial charge < -0.3 is 10.3 Å². The normalized spacial score (nSPS) is 23.1. The van der Waals surface area contributed by atoms with Crippen LogP contribution >= 0.6 is 0 Å². The van der Waals surface area contributed by atoms with E-state index in [1.54, 1.807) is 0 Å². The molecule has 4 nitrogen and oxygen atoms in total. The van der Waals surface area contributed by atoms with Crippen LogP contribution in [0.1, 0.15) is 24.3 Å². The highest BCUT2D eigenvalue weighted by Crippen LogP contribution is 2.18. The maximum atomic E-state index is 5.70. The van der Waals surface area contributed by atoms with E-state index in [0.717, 1.165) is 31.1 Å². The van der Waals surface area contributed by atoms with E-state index in [0.29, 0.717) is 6.04 Å². The summed E-state index contributed by atoms with van der Waals surface area (Å²) >= 11 is 0. The molecule has 1 aromatic rings. The van der Waals surface area contributed by atoms with Crippen LogP contribution in [0, 0.1) is 6.92 Å². The number of nitrogens with zero attached hydrogens (tertiary/aromatic N) is 2. The van der Waals surface area contributed by atoms with Crippen molar-refractivity contribution in [3.63, 3.8) is 0 Å². The first kappa shape index (κ1) is 9.68. The molecule has 2 rings (SSSR count). The molecule has 0 bridgehead atoms. The van der Waals surface area contributed by atoms with Crippen LogP contribution in [0.15, 0.2) is 10.6 Å². The lowest BCUT2D eigenvalue weighted by atomic mass is 10.2. The van der Waals surface area contributed by atoms with Gasteiger partial charge in [-0.25, -0.2) is 0 Å². The first-order valence-electron chi connectivity index (χ1n) is 5.16. The zero-order valence-electron chi connectivity index (χ0n) is 8.57. The van der Waals surface area contributed by atoms with Crippen molar-refractivity contribution in [3.05, 3.63) is 17.5 Å². The maximum Gasteiger partial charge on any atom is 0.133 e. The molecular formula is C10H17N3O. The highest BCUT2D eigenvalue weighted by molar-refractivity contribution is 5.04. The Morgan fingerprint density at radius 3 is 3.21 bits per heavy atom. The van der Waals surface area contributed by atoms with Gasteiger partial charge >= 0.3 is 0 Å². The Hall–Kier alpha value is -0.870. The van der Waals surface area contributed by atoms with Crippen LogP contribution in [0.25, 0.3) is 0 Å². The first-order valence-corrected chi connectivity index (χ1v) is 5.16. The summed E-state index contributed by atoms with van der Waals surface area (Å²) in [6.07, 6.45) is 2.46. The van der Waals surface area contributed by atoms with Crippen molar-refractivity contribution in [2.45, 2.75) is 32.4 Å². The summed E-state index contributed by atoms with van der Waals surface area (Å²) in [7, 11) is 0. The van der Waals surface area contributed by atoms with Crippen molar-refractivity contribution < 1.29 is 4.52 Å². The first-order chi connectivity index (χ1) is 6.79. The van der Waals surface area contributed by atoms with E-state index in [4.69, 9.17) is 10.3 Å². The standard InChI is InChI=1S/C10H17N3O/c1-8-5-9(12-14-8)7-13-4-2-3-10(13)6-11/h5,10H,2-4,6-7,11H2,1H3. The third-order valence-corrected chi connectivity index (χ3v) is 2.81. The Morgan fingerprint density at radius 2 is 2.57 bits per heavy atom. The summed E-state index contributed by atoms with van der Waals surface area (Å²) in [6.45, 7) is 4.67. The predicted molar refractivity (Wildman–Crippen MR) is 53.7 cm³/mol. The van der Waals surface area contributed by atoms with Crippen molar-refractivity contribution in [1.82, 2.24) is 10.1 Å². The summed E-state index contributed by atoms with van der Waals surface area (Å²) in [5.41, 5.74) is 6.71. The smallest absolute Gasteiger partial charge is 0.133 e. The molecule has 1 aliphatic rings. The Labute approximate surface area is 84.0 Å². The second-order valence-electron chi connectivity index (χ2n) is 3.93. The second kappa shape index (κ2) is 4.11. The average molecular weight is 195 g/mol. The molecule has 0 aliphatic carbocycles. The van der Waals surface area contributed by atoms with Crippen molar-refractivity contribution in [2.75, 3.05) is 13.1 Å². The second-order valence-corrected chi connectivity index (χ2v) is 3.93. The third-order valence-electron chi connectivity index (χ3n) is 2.81. The zero-order valence-corrected chi connectivity index (χ0v) is 8.57. The monoisotopic (exact) mass is 195 g/mol. The molecule has 1 aromatic heterocycles. The molecule has 78 valence electrons. The molecule has 14 heavy (non-hydrogen) atoms. The average Bonchev–Trinajstić information content (AvgIpc) is 2.76.